The summed E-state index contributed by atoms with van der Waals surface area (Å²) >= 11 is 0. The summed E-state index contributed by atoms with van der Waals surface area (Å²) in [6.45, 7) is 4.37. The average Bonchev–Trinajstić information content (AvgIpc) is 2.83. The van der Waals surface area contributed by atoms with Gasteiger partial charge in [-0.15, -0.1) is 0 Å². The molecule has 2 aromatic rings. The number of ether oxygens (including phenoxy) is 1. The molecule has 32 heavy (non-hydrogen) atoms. The van der Waals surface area contributed by atoms with E-state index in [4.69, 9.17) is 4.74 Å². The summed E-state index contributed by atoms with van der Waals surface area (Å²) in [6, 6.07) is 10.8. The van der Waals surface area contributed by atoms with Crippen LogP contribution in [0.1, 0.15) is 48.2 Å². The number of carbonyl (C=O) groups excluding carboxylic acids is 1. The minimum atomic E-state index is -0.335. The number of rotatable bonds is 2. The molecule has 172 valence electrons. The second-order valence-corrected chi connectivity index (χ2v) is 8.95. The molecule has 0 aliphatic carbocycles. The fraction of sp³-hybridized carbons (Fsp3) is 0.542. The van der Waals surface area contributed by atoms with Crippen LogP contribution in [0.3, 0.4) is 0 Å². The molecule has 0 radical (unpaired) electrons. The van der Waals surface area contributed by atoms with E-state index in [1.165, 1.54) is 12.1 Å². The van der Waals surface area contributed by atoms with Gasteiger partial charge >= 0.3 is 0 Å². The Labute approximate surface area is 188 Å². The van der Waals surface area contributed by atoms with Crippen molar-refractivity contribution in [1.82, 2.24) is 20.0 Å². The zero-order chi connectivity index (χ0) is 22.4. The highest BCUT2D eigenvalue weighted by atomic mass is 16.5. The zero-order valence-corrected chi connectivity index (χ0v) is 18.5. The van der Waals surface area contributed by atoms with Gasteiger partial charge in [-0.3, -0.25) is 14.5 Å². The van der Waals surface area contributed by atoms with Gasteiger partial charge in [0.05, 0.1) is 6.54 Å². The molecule has 1 saturated heterocycles. The Balaban J connectivity index is 1.53. The quantitative estimate of drug-likeness (QED) is 0.742. The zero-order valence-electron chi connectivity index (χ0n) is 18.5. The standard InChI is InChI=1S/C24H32N4O4/c29-18-24-9-3-4-12-28(23(31)20-7-8-22(30)26-25-20)15-16-32-21-6-2-1-5-19(21)17-27(13-10-24)14-11-24/h1-2,5-8,29H,3-4,9-18H2,(H,26,30). The lowest BCUT2D eigenvalue weighted by Gasteiger charge is -2.41. The van der Waals surface area contributed by atoms with E-state index in [9.17, 15) is 14.7 Å². The molecule has 8 heteroatoms. The van der Waals surface area contributed by atoms with Crippen LogP contribution in [0.5, 0.6) is 5.75 Å². The normalized spacial score (nSPS) is 24.7. The number of hydrogen-bond acceptors (Lipinski definition) is 6. The topological polar surface area (TPSA) is 98.8 Å². The third kappa shape index (κ3) is 5.37. The summed E-state index contributed by atoms with van der Waals surface area (Å²) in [5, 5.41) is 16.4. The minimum absolute atomic E-state index is 0.0258. The van der Waals surface area contributed by atoms with E-state index in [-0.39, 0.29) is 29.2 Å². The van der Waals surface area contributed by atoms with Crippen molar-refractivity contribution in [1.29, 1.82) is 0 Å². The van der Waals surface area contributed by atoms with Gasteiger partial charge < -0.3 is 14.7 Å². The molecule has 1 aromatic carbocycles. The molecular formula is C24H32N4O4. The lowest BCUT2D eigenvalue weighted by molar-refractivity contribution is 0.0319. The number of aromatic nitrogens is 2. The Bertz CT molecular complexity index is 948. The summed E-state index contributed by atoms with van der Waals surface area (Å²) in [7, 11) is 0. The highest BCUT2D eigenvalue weighted by molar-refractivity contribution is 5.92. The molecule has 1 fully saturated rings. The Morgan fingerprint density at radius 2 is 1.88 bits per heavy atom. The van der Waals surface area contributed by atoms with Gasteiger partial charge in [-0.2, -0.15) is 5.10 Å². The maximum absolute atomic E-state index is 13.0. The van der Waals surface area contributed by atoms with Crippen LogP contribution in [0.15, 0.2) is 41.2 Å². The molecule has 2 bridgehead atoms. The van der Waals surface area contributed by atoms with Crippen LogP contribution < -0.4 is 10.3 Å². The van der Waals surface area contributed by atoms with E-state index in [0.29, 0.717) is 19.7 Å². The highest BCUT2D eigenvalue weighted by Gasteiger charge is 2.34. The SMILES string of the molecule is O=C(c1ccc(=O)[nH]n1)N1CCCCC2(CO)CCN(CC2)Cc2ccccc2OCC1. The first-order valence-electron chi connectivity index (χ1n) is 11.5. The Kier molecular flexibility index (Phi) is 7.22. The van der Waals surface area contributed by atoms with E-state index >= 15 is 0 Å². The number of piperidine rings is 1. The smallest absolute Gasteiger partial charge is 0.274 e. The molecule has 2 N–H and O–H groups in total. The van der Waals surface area contributed by atoms with Gasteiger partial charge in [-0.05, 0) is 56.3 Å². The second-order valence-electron chi connectivity index (χ2n) is 8.95. The van der Waals surface area contributed by atoms with Crippen LogP contribution in [0.4, 0.5) is 0 Å². The number of nitrogens with zero attached hydrogens (tertiary/aromatic N) is 3. The Morgan fingerprint density at radius 1 is 1.06 bits per heavy atom. The predicted octanol–water partition coefficient (Wildman–Crippen LogP) is 2.05. The number of hydrogen-bond donors (Lipinski definition) is 2. The minimum Gasteiger partial charge on any atom is -0.491 e. The van der Waals surface area contributed by atoms with Gasteiger partial charge in [0.15, 0.2) is 0 Å². The fourth-order valence-electron chi connectivity index (χ4n) is 4.70. The Morgan fingerprint density at radius 3 is 2.62 bits per heavy atom. The lowest BCUT2D eigenvalue weighted by atomic mass is 9.75. The molecule has 5 rings (SSSR count). The number of nitrogens with one attached hydrogen (secondary N) is 1. The van der Waals surface area contributed by atoms with Crippen molar-refractivity contribution in [2.45, 2.75) is 38.6 Å². The van der Waals surface area contributed by atoms with Gasteiger partial charge in [0.2, 0.25) is 0 Å². The summed E-state index contributed by atoms with van der Waals surface area (Å²) in [5.74, 6) is 0.627. The predicted molar refractivity (Wildman–Crippen MR) is 121 cm³/mol. The van der Waals surface area contributed by atoms with Gasteiger partial charge in [0, 0.05) is 31.3 Å². The molecule has 3 aliphatic heterocycles. The molecule has 1 aromatic heterocycles. The monoisotopic (exact) mass is 440 g/mol. The number of aliphatic hydroxyl groups excluding tert-OH is 1. The largest absolute Gasteiger partial charge is 0.491 e. The molecule has 0 saturated carbocycles. The van der Waals surface area contributed by atoms with Crippen molar-refractivity contribution in [2.24, 2.45) is 5.41 Å². The van der Waals surface area contributed by atoms with E-state index in [1.54, 1.807) is 4.90 Å². The van der Waals surface area contributed by atoms with E-state index < -0.39 is 0 Å². The van der Waals surface area contributed by atoms with Crippen LogP contribution >= 0.6 is 0 Å². The fourth-order valence-corrected chi connectivity index (χ4v) is 4.70. The first-order chi connectivity index (χ1) is 15.6. The van der Waals surface area contributed by atoms with Crippen LogP contribution in [0.2, 0.25) is 0 Å². The van der Waals surface area contributed by atoms with Crippen LogP contribution in [0, 0.1) is 5.41 Å². The van der Waals surface area contributed by atoms with E-state index in [2.05, 4.69) is 21.2 Å². The number of amides is 1. The highest BCUT2D eigenvalue weighted by Crippen LogP contribution is 2.37. The average molecular weight is 441 g/mol. The maximum Gasteiger partial charge on any atom is 0.274 e. The van der Waals surface area contributed by atoms with Gasteiger partial charge in [0.1, 0.15) is 18.1 Å². The van der Waals surface area contributed by atoms with Crippen LogP contribution in [-0.2, 0) is 6.54 Å². The molecule has 1 amide bonds. The molecule has 0 spiro atoms. The molecular weight excluding hydrogens is 408 g/mol. The summed E-state index contributed by atoms with van der Waals surface area (Å²) in [4.78, 5) is 28.5. The van der Waals surface area contributed by atoms with E-state index in [1.807, 2.05) is 18.2 Å². The molecule has 3 aliphatic rings. The summed E-state index contributed by atoms with van der Waals surface area (Å²) in [6.07, 6.45) is 4.72. The molecule has 4 heterocycles. The number of para-hydroxylation sites is 1. The molecule has 0 unspecified atom stereocenters. The third-order valence-corrected chi connectivity index (χ3v) is 6.81. The number of fused-ring (bicyclic) bond motifs is 9. The first kappa shape index (κ1) is 22.5. The van der Waals surface area contributed by atoms with Crippen molar-refractivity contribution in [2.75, 3.05) is 39.4 Å². The number of benzene rings is 1. The summed E-state index contributed by atoms with van der Waals surface area (Å²) < 4.78 is 6.11. The van der Waals surface area contributed by atoms with E-state index in [0.717, 1.165) is 63.1 Å². The Hall–Kier alpha value is -2.71. The number of aromatic amines is 1. The van der Waals surface area contributed by atoms with Crippen LogP contribution in [-0.4, -0.2) is 70.4 Å². The third-order valence-electron chi connectivity index (χ3n) is 6.81. The van der Waals surface area contributed by atoms with Crippen molar-refractivity contribution in [3.8, 4) is 5.75 Å². The summed E-state index contributed by atoms with van der Waals surface area (Å²) in [5.41, 5.74) is 1.00. The maximum atomic E-state index is 13.0. The lowest BCUT2D eigenvalue weighted by Crippen LogP contribution is -2.41. The molecule has 0 atom stereocenters. The number of aliphatic hydroxyl groups is 1. The number of carbonyl (C=O) groups is 1. The second kappa shape index (κ2) is 10.3. The van der Waals surface area contributed by atoms with Gasteiger partial charge in [-0.1, -0.05) is 24.6 Å². The van der Waals surface area contributed by atoms with Crippen LogP contribution in [0.25, 0.3) is 0 Å². The van der Waals surface area contributed by atoms with Crippen molar-refractivity contribution in [3.63, 3.8) is 0 Å². The van der Waals surface area contributed by atoms with Gasteiger partial charge in [0.25, 0.3) is 11.5 Å². The number of H-pyrrole nitrogens is 1. The van der Waals surface area contributed by atoms with Crippen molar-refractivity contribution in [3.05, 3.63) is 58.0 Å². The molecule has 8 nitrogen and oxygen atoms in total. The van der Waals surface area contributed by atoms with Crippen molar-refractivity contribution >= 4 is 5.91 Å². The van der Waals surface area contributed by atoms with Crippen molar-refractivity contribution < 1.29 is 14.6 Å². The van der Waals surface area contributed by atoms with Gasteiger partial charge in [-0.25, -0.2) is 5.10 Å². The first-order valence-corrected chi connectivity index (χ1v) is 11.5.